The van der Waals surface area contributed by atoms with Crippen LogP contribution >= 0.6 is 0 Å². The van der Waals surface area contributed by atoms with Crippen LogP contribution in [0.15, 0.2) is 36.4 Å². The van der Waals surface area contributed by atoms with Crippen molar-refractivity contribution in [3.05, 3.63) is 42.0 Å². The van der Waals surface area contributed by atoms with E-state index >= 15 is 0 Å². The van der Waals surface area contributed by atoms with E-state index in [1.165, 1.54) is 19.1 Å². The smallest absolute Gasteiger partial charge is 0.252 e. The lowest BCUT2D eigenvalue weighted by molar-refractivity contribution is -0.137. The van der Waals surface area contributed by atoms with Gasteiger partial charge < -0.3 is 34.5 Å². The molecule has 0 aliphatic carbocycles. The van der Waals surface area contributed by atoms with Gasteiger partial charge in [-0.05, 0) is 37.1 Å². The van der Waals surface area contributed by atoms with Crippen LogP contribution in [0.3, 0.4) is 0 Å². The Balaban J connectivity index is 1.68. The molecular formula is C26H33N3O7. The molecule has 2 aromatic carbocycles. The molecule has 0 bridgehead atoms. The molecule has 0 fully saturated rings. The van der Waals surface area contributed by atoms with Gasteiger partial charge in [-0.1, -0.05) is 13.8 Å². The number of hydrogen-bond acceptors (Lipinski definition) is 7. The Morgan fingerprint density at radius 1 is 0.972 bits per heavy atom. The molecule has 2 N–H and O–H groups in total. The fourth-order valence-electron chi connectivity index (χ4n) is 3.71. The number of nitrogens with one attached hydrogen (secondary N) is 2. The lowest BCUT2D eigenvalue weighted by Crippen LogP contribution is -2.52. The van der Waals surface area contributed by atoms with Crippen molar-refractivity contribution in [2.45, 2.75) is 26.8 Å². The lowest BCUT2D eigenvalue weighted by atomic mass is 10.0. The van der Waals surface area contributed by atoms with E-state index < -0.39 is 11.9 Å². The normalized spacial score (nSPS) is 12.9. The van der Waals surface area contributed by atoms with E-state index in [0.717, 1.165) is 0 Å². The van der Waals surface area contributed by atoms with Crippen molar-refractivity contribution < 1.29 is 33.3 Å². The van der Waals surface area contributed by atoms with E-state index in [1.807, 2.05) is 13.8 Å². The van der Waals surface area contributed by atoms with E-state index in [1.54, 1.807) is 43.3 Å². The van der Waals surface area contributed by atoms with Gasteiger partial charge in [0, 0.05) is 29.9 Å². The summed E-state index contributed by atoms with van der Waals surface area (Å²) in [4.78, 5) is 40.5. The monoisotopic (exact) mass is 499 g/mol. The van der Waals surface area contributed by atoms with Gasteiger partial charge in [0.25, 0.3) is 5.91 Å². The minimum atomic E-state index is -0.836. The second kappa shape index (κ2) is 12.1. The largest absolute Gasteiger partial charge is 0.497 e. The van der Waals surface area contributed by atoms with Gasteiger partial charge in [-0.15, -0.1) is 0 Å². The average molecular weight is 500 g/mol. The Hall–Kier alpha value is -3.95. The predicted octanol–water partition coefficient (Wildman–Crippen LogP) is 2.72. The number of benzene rings is 2. The molecule has 1 aliphatic heterocycles. The Kier molecular flexibility index (Phi) is 8.99. The highest BCUT2D eigenvalue weighted by Crippen LogP contribution is 2.32. The zero-order chi connectivity index (χ0) is 26.2. The first-order valence-electron chi connectivity index (χ1n) is 11.8. The van der Waals surface area contributed by atoms with Gasteiger partial charge in [0.1, 0.15) is 30.8 Å². The maximum Gasteiger partial charge on any atom is 0.252 e. The first-order chi connectivity index (χ1) is 17.2. The summed E-state index contributed by atoms with van der Waals surface area (Å²) in [6.45, 7) is 6.48. The molecule has 3 amide bonds. The minimum Gasteiger partial charge on any atom is -0.497 e. The van der Waals surface area contributed by atoms with Crippen molar-refractivity contribution in [3.63, 3.8) is 0 Å². The summed E-state index contributed by atoms with van der Waals surface area (Å²) < 4.78 is 21.5. The molecule has 10 heteroatoms. The Bertz CT molecular complexity index is 1080. The third-order valence-corrected chi connectivity index (χ3v) is 5.69. The van der Waals surface area contributed by atoms with Crippen molar-refractivity contribution >= 4 is 23.4 Å². The first kappa shape index (κ1) is 26.7. The number of fused-ring (bicyclic) bond motifs is 1. The molecule has 1 aliphatic rings. The van der Waals surface area contributed by atoms with Crippen LogP contribution in [0.1, 0.15) is 31.1 Å². The molecule has 1 atom stereocenters. The molecule has 1 unspecified atom stereocenters. The molecule has 3 rings (SSSR count). The number of hydrogen-bond donors (Lipinski definition) is 2. The van der Waals surface area contributed by atoms with Crippen LogP contribution in [0, 0.1) is 5.92 Å². The number of carbonyl (C=O) groups excluding carboxylic acids is 3. The second-order valence-electron chi connectivity index (χ2n) is 8.56. The zero-order valence-corrected chi connectivity index (χ0v) is 21.3. The molecule has 10 nitrogen and oxygen atoms in total. The Labute approximate surface area is 210 Å². The van der Waals surface area contributed by atoms with Crippen LogP contribution in [-0.4, -0.2) is 69.2 Å². The molecule has 1 heterocycles. The lowest BCUT2D eigenvalue weighted by Gasteiger charge is -2.29. The number of likely N-dealkylation sites (N-methyl/N-ethyl adjacent to an activating group) is 1. The van der Waals surface area contributed by atoms with E-state index in [0.29, 0.717) is 54.0 Å². The van der Waals surface area contributed by atoms with Crippen LogP contribution in [0.2, 0.25) is 0 Å². The topological polar surface area (TPSA) is 115 Å². The SMILES string of the molecule is CCN(CC(=O)Nc1ccc2c(c1)OCCO2)C(=O)C(NC(=O)c1cc(OC)cc(OC)c1)C(C)C. The van der Waals surface area contributed by atoms with E-state index in [4.69, 9.17) is 18.9 Å². The molecule has 36 heavy (non-hydrogen) atoms. The quantitative estimate of drug-likeness (QED) is 0.516. The van der Waals surface area contributed by atoms with Gasteiger partial charge in [-0.25, -0.2) is 0 Å². The van der Waals surface area contributed by atoms with E-state index in [2.05, 4.69) is 10.6 Å². The predicted molar refractivity (Wildman–Crippen MR) is 134 cm³/mol. The molecule has 0 radical (unpaired) electrons. The van der Waals surface area contributed by atoms with Crippen LogP contribution in [-0.2, 0) is 9.59 Å². The summed E-state index contributed by atoms with van der Waals surface area (Å²) >= 11 is 0. The number of nitrogens with zero attached hydrogens (tertiary/aromatic N) is 1. The summed E-state index contributed by atoms with van der Waals surface area (Å²) in [5.41, 5.74) is 0.831. The third kappa shape index (κ3) is 6.59. The van der Waals surface area contributed by atoms with Crippen LogP contribution in [0.5, 0.6) is 23.0 Å². The number of anilines is 1. The van der Waals surface area contributed by atoms with Gasteiger partial charge in [-0.2, -0.15) is 0 Å². The summed E-state index contributed by atoms with van der Waals surface area (Å²) in [5, 5.41) is 5.59. The Morgan fingerprint density at radius 2 is 1.61 bits per heavy atom. The van der Waals surface area contributed by atoms with Gasteiger partial charge in [0.2, 0.25) is 11.8 Å². The maximum absolute atomic E-state index is 13.4. The molecular weight excluding hydrogens is 466 g/mol. The highest BCUT2D eigenvalue weighted by atomic mass is 16.6. The summed E-state index contributed by atoms with van der Waals surface area (Å²) in [6.07, 6.45) is 0. The fraction of sp³-hybridized carbons (Fsp3) is 0.423. The molecule has 0 saturated carbocycles. The van der Waals surface area contributed by atoms with Crippen LogP contribution in [0.4, 0.5) is 5.69 Å². The number of methoxy groups -OCH3 is 2. The van der Waals surface area contributed by atoms with E-state index in [9.17, 15) is 14.4 Å². The third-order valence-electron chi connectivity index (χ3n) is 5.69. The van der Waals surface area contributed by atoms with Crippen LogP contribution < -0.4 is 29.6 Å². The van der Waals surface area contributed by atoms with Crippen molar-refractivity contribution in [3.8, 4) is 23.0 Å². The number of amides is 3. The molecule has 194 valence electrons. The summed E-state index contributed by atoms with van der Waals surface area (Å²) in [7, 11) is 2.98. The number of carbonyl (C=O) groups is 3. The van der Waals surface area contributed by atoms with Gasteiger partial charge in [0.15, 0.2) is 11.5 Å². The van der Waals surface area contributed by atoms with Crippen molar-refractivity contribution in [2.24, 2.45) is 5.92 Å². The average Bonchev–Trinajstić information content (AvgIpc) is 2.89. The molecule has 2 aromatic rings. The summed E-state index contributed by atoms with van der Waals surface area (Å²) in [6, 6.07) is 9.08. The highest BCUT2D eigenvalue weighted by molar-refractivity contribution is 5.99. The fourth-order valence-corrected chi connectivity index (χ4v) is 3.71. The van der Waals surface area contributed by atoms with Crippen molar-refractivity contribution in [1.29, 1.82) is 0 Å². The van der Waals surface area contributed by atoms with Gasteiger partial charge >= 0.3 is 0 Å². The van der Waals surface area contributed by atoms with Crippen molar-refractivity contribution in [2.75, 3.05) is 45.8 Å². The highest BCUT2D eigenvalue weighted by Gasteiger charge is 2.30. The summed E-state index contributed by atoms with van der Waals surface area (Å²) in [5.74, 6) is 0.699. The Morgan fingerprint density at radius 3 is 2.19 bits per heavy atom. The molecule has 0 saturated heterocycles. The maximum atomic E-state index is 13.4. The van der Waals surface area contributed by atoms with Crippen molar-refractivity contribution in [1.82, 2.24) is 10.2 Å². The van der Waals surface area contributed by atoms with Gasteiger partial charge in [-0.3, -0.25) is 14.4 Å². The molecule has 0 aromatic heterocycles. The van der Waals surface area contributed by atoms with Gasteiger partial charge in [0.05, 0.1) is 20.8 Å². The number of ether oxygens (including phenoxy) is 4. The second-order valence-corrected chi connectivity index (χ2v) is 8.56. The first-order valence-corrected chi connectivity index (χ1v) is 11.8. The molecule has 0 spiro atoms. The van der Waals surface area contributed by atoms with E-state index in [-0.39, 0.29) is 24.3 Å². The van der Waals surface area contributed by atoms with Crippen LogP contribution in [0.25, 0.3) is 0 Å². The minimum absolute atomic E-state index is 0.171. The zero-order valence-electron chi connectivity index (χ0n) is 21.3. The standard InChI is InChI=1S/C26H33N3O7/c1-6-29(15-23(30)27-18-7-8-21-22(13-18)36-10-9-35-21)26(32)24(16(2)3)28-25(31)17-11-19(33-4)14-20(12-17)34-5/h7-8,11-14,16,24H,6,9-10,15H2,1-5H3,(H,27,30)(H,28,31). The number of rotatable bonds is 10.